The molecular weight excluding hydrogens is 429 g/mol. The second-order valence-corrected chi connectivity index (χ2v) is 7.61. The van der Waals surface area contributed by atoms with E-state index in [1.165, 1.54) is 17.0 Å². The predicted molar refractivity (Wildman–Crippen MR) is 111 cm³/mol. The Morgan fingerprint density at radius 3 is 2.53 bits per heavy atom. The van der Waals surface area contributed by atoms with Gasteiger partial charge in [-0.3, -0.25) is 9.69 Å². The summed E-state index contributed by atoms with van der Waals surface area (Å²) in [5.74, 6) is 0.180. The average molecular weight is 454 g/mol. The van der Waals surface area contributed by atoms with Gasteiger partial charge in [0, 0.05) is 23.6 Å². The van der Waals surface area contributed by atoms with Gasteiger partial charge in [-0.05, 0) is 31.4 Å². The normalized spacial score (nSPS) is 14.3. The minimum atomic E-state index is -4.67. The van der Waals surface area contributed by atoms with E-state index in [9.17, 15) is 27.6 Å². The molecular formula is C22H25F3N2O5. The number of carbonyl (C=O) groups is 2. The summed E-state index contributed by atoms with van der Waals surface area (Å²) in [5, 5.41) is 2.31. The Labute approximate surface area is 182 Å². The zero-order valence-corrected chi connectivity index (χ0v) is 17.7. The number of halogens is 3. The highest BCUT2D eigenvalue weighted by molar-refractivity contribution is 6.01. The van der Waals surface area contributed by atoms with E-state index in [4.69, 9.17) is 9.15 Å². The van der Waals surface area contributed by atoms with E-state index in [1.54, 1.807) is 0 Å². The van der Waals surface area contributed by atoms with Crippen LogP contribution in [0, 0.1) is 0 Å². The molecule has 0 atom stereocenters. The Bertz CT molecular complexity index is 1030. The molecule has 2 aromatic rings. The summed E-state index contributed by atoms with van der Waals surface area (Å²) in [7, 11) is 0. The first-order valence-corrected chi connectivity index (χ1v) is 10.6. The third-order valence-electron chi connectivity index (χ3n) is 5.25. The van der Waals surface area contributed by atoms with Crippen molar-refractivity contribution in [2.75, 3.05) is 19.7 Å². The van der Waals surface area contributed by atoms with Gasteiger partial charge in [0.25, 0.3) is 0 Å². The summed E-state index contributed by atoms with van der Waals surface area (Å²) < 4.78 is 51.0. The predicted octanol–water partition coefficient (Wildman–Crippen LogP) is 4.26. The molecule has 0 bridgehead atoms. The summed E-state index contributed by atoms with van der Waals surface area (Å²) >= 11 is 0. The van der Waals surface area contributed by atoms with Gasteiger partial charge in [-0.15, -0.1) is 0 Å². The van der Waals surface area contributed by atoms with Gasteiger partial charge in [-0.1, -0.05) is 26.2 Å². The monoisotopic (exact) mass is 454 g/mol. The van der Waals surface area contributed by atoms with Gasteiger partial charge in [-0.2, -0.15) is 13.2 Å². The third kappa shape index (κ3) is 5.41. The molecule has 1 saturated heterocycles. The van der Waals surface area contributed by atoms with Crippen LogP contribution in [0.15, 0.2) is 27.4 Å². The number of benzene rings is 1. The Morgan fingerprint density at radius 2 is 1.88 bits per heavy atom. The summed E-state index contributed by atoms with van der Waals surface area (Å²) in [6, 6.07) is 2.87. The molecule has 0 aliphatic carbocycles. The fourth-order valence-electron chi connectivity index (χ4n) is 3.71. The van der Waals surface area contributed by atoms with E-state index in [-0.39, 0.29) is 29.5 Å². The van der Waals surface area contributed by atoms with Crippen LogP contribution in [0.1, 0.15) is 50.2 Å². The van der Waals surface area contributed by atoms with Crippen molar-refractivity contribution in [3.05, 3.63) is 39.7 Å². The molecule has 10 heteroatoms. The third-order valence-corrected chi connectivity index (χ3v) is 5.25. The van der Waals surface area contributed by atoms with E-state index in [0.717, 1.165) is 12.8 Å². The minimum Gasteiger partial charge on any atom is -0.493 e. The van der Waals surface area contributed by atoms with E-state index < -0.39 is 17.4 Å². The number of nitrogens with one attached hydrogen (secondary N) is 1. The van der Waals surface area contributed by atoms with Gasteiger partial charge in [-0.25, -0.2) is 9.59 Å². The second kappa shape index (κ2) is 10.1. The van der Waals surface area contributed by atoms with Crippen LogP contribution in [-0.2, 0) is 17.4 Å². The van der Waals surface area contributed by atoms with Crippen LogP contribution in [-0.4, -0.2) is 36.5 Å². The van der Waals surface area contributed by atoms with Gasteiger partial charge in [0.2, 0.25) is 5.91 Å². The lowest BCUT2D eigenvalue weighted by Crippen LogP contribution is -2.31. The summed E-state index contributed by atoms with van der Waals surface area (Å²) in [6.07, 6.45) is -0.656. The first kappa shape index (κ1) is 23.6. The van der Waals surface area contributed by atoms with Crippen molar-refractivity contribution in [3.8, 4) is 5.75 Å². The van der Waals surface area contributed by atoms with Crippen LogP contribution in [0.25, 0.3) is 11.0 Å². The number of urea groups is 1. The molecule has 174 valence electrons. The van der Waals surface area contributed by atoms with Crippen LogP contribution >= 0.6 is 0 Å². The van der Waals surface area contributed by atoms with Crippen LogP contribution in [0.4, 0.5) is 18.0 Å². The average Bonchev–Trinajstić information content (AvgIpc) is 3.05. The minimum absolute atomic E-state index is 0.0448. The highest BCUT2D eigenvalue weighted by Gasteiger charge is 2.34. The molecule has 1 aromatic carbocycles. The highest BCUT2D eigenvalue weighted by atomic mass is 19.4. The molecule has 1 aliphatic rings. The van der Waals surface area contributed by atoms with Crippen LogP contribution in [0.5, 0.6) is 5.75 Å². The van der Waals surface area contributed by atoms with Crippen molar-refractivity contribution in [2.45, 2.75) is 51.6 Å². The highest BCUT2D eigenvalue weighted by Crippen LogP contribution is 2.37. The summed E-state index contributed by atoms with van der Waals surface area (Å²) in [5.41, 5.74) is -1.70. The van der Waals surface area contributed by atoms with Crippen molar-refractivity contribution >= 4 is 22.9 Å². The maximum Gasteiger partial charge on any atom is 0.417 e. The number of ether oxygens (including phenoxy) is 1. The number of carbonyl (C=O) groups excluding carboxylic acids is 2. The molecule has 1 fully saturated rings. The van der Waals surface area contributed by atoms with Crippen LogP contribution in [0.2, 0.25) is 0 Å². The molecule has 3 rings (SSSR count). The Kier molecular flexibility index (Phi) is 7.42. The quantitative estimate of drug-likeness (QED) is 0.329. The van der Waals surface area contributed by atoms with E-state index >= 15 is 0 Å². The van der Waals surface area contributed by atoms with E-state index in [2.05, 4.69) is 5.32 Å². The molecule has 0 spiro atoms. The Balaban J connectivity index is 1.61. The smallest absolute Gasteiger partial charge is 0.417 e. The molecule has 7 nitrogen and oxygen atoms in total. The van der Waals surface area contributed by atoms with E-state index in [0.29, 0.717) is 56.2 Å². The molecule has 1 aromatic heterocycles. The fourth-order valence-corrected chi connectivity index (χ4v) is 3.71. The first-order chi connectivity index (χ1) is 15.2. The number of alkyl halides is 3. The number of rotatable bonds is 10. The fraction of sp³-hybridized carbons (Fsp3) is 0.500. The number of hydrogen-bond donors (Lipinski definition) is 1. The largest absolute Gasteiger partial charge is 0.493 e. The lowest BCUT2D eigenvalue weighted by molar-refractivity contribution is -0.136. The van der Waals surface area contributed by atoms with Gasteiger partial charge in [0.1, 0.15) is 11.3 Å². The topological polar surface area (TPSA) is 88.9 Å². The maximum atomic E-state index is 13.4. The maximum absolute atomic E-state index is 13.4. The van der Waals surface area contributed by atoms with Crippen LogP contribution in [0.3, 0.4) is 0 Å². The van der Waals surface area contributed by atoms with Crippen molar-refractivity contribution in [2.24, 2.45) is 0 Å². The molecule has 32 heavy (non-hydrogen) atoms. The zero-order valence-electron chi connectivity index (χ0n) is 17.7. The first-order valence-electron chi connectivity index (χ1n) is 10.6. The molecule has 1 aliphatic heterocycles. The molecule has 1 N–H and O–H groups in total. The SMILES string of the molecule is CCCc1c(OCCCCCCN2C(=O)CNC2=O)ccc2c(C(F)(F)F)cc(=O)oc12. The second-order valence-electron chi connectivity index (χ2n) is 7.61. The van der Waals surface area contributed by atoms with Crippen molar-refractivity contribution < 1.29 is 31.9 Å². The number of unbranched alkanes of at least 4 members (excludes halogenated alkanes) is 3. The Hall–Kier alpha value is -3.04. The summed E-state index contributed by atoms with van der Waals surface area (Å²) in [6.45, 7) is 2.63. The molecule has 0 radical (unpaired) electrons. The van der Waals surface area contributed by atoms with E-state index in [1.807, 2.05) is 6.92 Å². The van der Waals surface area contributed by atoms with Gasteiger partial charge in [0.05, 0.1) is 18.7 Å². The van der Waals surface area contributed by atoms with Crippen molar-refractivity contribution in [3.63, 3.8) is 0 Å². The lowest BCUT2D eigenvalue weighted by Gasteiger charge is -2.15. The van der Waals surface area contributed by atoms with Gasteiger partial charge >= 0.3 is 17.8 Å². The van der Waals surface area contributed by atoms with Crippen LogP contribution < -0.4 is 15.7 Å². The molecule has 3 amide bonds. The number of aryl methyl sites for hydroxylation is 1. The number of nitrogens with zero attached hydrogens (tertiary/aromatic N) is 1. The number of hydrogen-bond acceptors (Lipinski definition) is 5. The standard InChI is InChI=1S/C22H25F3N2O5/c1-2-7-15-17(9-8-14-16(22(23,24)25)12-19(29)32-20(14)15)31-11-6-4-3-5-10-27-18(28)13-26-21(27)30/h8-9,12H,2-7,10-11,13H2,1H3,(H,26,30). The molecule has 0 unspecified atom stereocenters. The van der Waals surface area contributed by atoms with Gasteiger partial charge < -0.3 is 14.5 Å². The number of amides is 3. The summed E-state index contributed by atoms with van der Waals surface area (Å²) in [4.78, 5) is 35.9. The zero-order chi connectivity index (χ0) is 23.3. The number of fused-ring (bicyclic) bond motifs is 1. The number of imide groups is 1. The Morgan fingerprint density at radius 1 is 1.12 bits per heavy atom. The van der Waals surface area contributed by atoms with Gasteiger partial charge in [0.15, 0.2) is 0 Å². The molecule has 0 saturated carbocycles. The van der Waals surface area contributed by atoms with Crippen molar-refractivity contribution in [1.82, 2.24) is 10.2 Å². The lowest BCUT2D eigenvalue weighted by atomic mass is 10.0. The van der Waals surface area contributed by atoms with Crippen molar-refractivity contribution in [1.29, 1.82) is 0 Å². The molecule has 2 heterocycles.